The van der Waals surface area contributed by atoms with Crippen LogP contribution in [0.4, 0.5) is 11.4 Å². The molecule has 0 unspecified atom stereocenters. The van der Waals surface area contributed by atoms with Crippen LogP contribution < -0.4 is 20.5 Å². The van der Waals surface area contributed by atoms with Crippen molar-refractivity contribution in [1.29, 1.82) is 0 Å². The Bertz CT molecular complexity index is 683. The van der Waals surface area contributed by atoms with E-state index in [1.54, 1.807) is 24.3 Å². The summed E-state index contributed by atoms with van der Waals surface area (Å²) in [7, 11) is 0. The summed E-state index contributed by atoms with van der Waals surface area (Å²) in [6.07, 6.45) is 0. The van der Waals surface area contributed by atoms with Gasteiger partial charge in [0, 0.05) is 16.9 Å². The molecule has 0 spiro atoms. The number of hydrogen-bond acceptors (Lipinski definition) is 4. The average Bonchev–Trinajstić information content (AvgIpc) is 2.90. The summed E-state index contributed by atoms with van der Waals surface area (Å²) in [4.78, 5) is 12.2. The van der Waals surface area contributed by atoms with Gasteiger partial charge in [0.25, 0.3) is 5.91 Å². The van der Waals surface area contributed by atoms with Gasteiger partial charge in [0.1, 0.15) is 0 Å². The molecule has 1 aliphatic rings. The number of carbonyl (C=O) groups excluding carboxylic acids is 1. The molecule has 0 aromatic heterocycles. The third-order valence-electron chi connectivity index (χ3n) is 3.17. The molecule has 2 aromatic rings. The van der Waals surface area contributed by atoms with Gasteiger partial charge in [-0.3, -0.25) is 4.79 Å². The Hall–Kier alpha value is -2.69. The topological polar surface area (TPSA) is 73.6 Å². The zero-order chi connectivity index (χ0) is 14.1. The van der Waals surface area contributed by atoms with Gasteiger partial charge < -0.3 is 20.5 Å². The number of hydrogen-bond donors (Lipinski definition) is 2. The number of fused-ring (bicyclic) bond motifs is 1. The zero-order valence-electron chi connectivity index (χ0n) is 11.0. The summed E-state index contributed by atoms with van der Waals surface area (Å²) < 4.78 is 10.5. The SMILES string of the molecule is Cc1ccc(NC(=O)c2ccc3c(c2)OCO3)cc1N. The number of rotatable bonds is 2. The second-order valence-electron chi connectivity index (χ2n) is 4.59. The number of ether oxygens (including phenoxy) is 2. The van der Waals surface area contributed by atoms with Gasteiger partial charge in [-0.05, 0) is 42.8 Å². The molecule has 3 N–H and O–H groups in total. The molecule has 3 rings (SSSR count). The predicted octanol–water partition coefficient (Wildman–Crippen LogP) is 2.56. The monoisotopic (exact) mass is 270 g/mol. The number of anilines is 2. The minimum Gasteiger partial charge on any atom is -0.454 e. The van der Waals surface area contributed by atoms with Crippen molar-refractivity contribution in [2.45, 2.75) is 6.92 Å². The molecule has 0 bridgehead atoms. The molecular weight excluding hydrogens is 256 g/mol. The molecule has 0 aliphatic carbocycles. The lowest BCUT2D eigenvalue weighted by atomic mass is 10.1. The first-order chi connectivity index (χ1) is 9.63. The molecule has 0 fully saturated rings. The number of nitrogens with two attached hydrogens (primary N) is 1. The summed E-state index contributed by atoms with van der Waals surface area (Å²) in [5.74, 6) is 1.02. The van der Waals surface area contributed by atoms with E-state index in [1.807, 2.05) is 19.1 Å². The fourth-order valence-electron chi connectivity index (χ4n) is 1.96. The van der Waals surface area contributed by atoms with E-state index >= 15 is 0 Å². The second kappa shape index (κ2) is 4.77. The van der Waals surface area contributed by atoms with Crippen molar-refractivity contribution in [3.63, 3.8) is 0 Å². The van der Waals surface area contributed by atoms with Crippen molar-refractivity contribution in [3.8, 4) is 11.5 Å². The fraction of sp³-hybridized carbons (Fsp3) is 0.133. The Labute approximate surface area is 116 Å². The van der Waals surface area contributed by atoms with E-state index in [2.05, 4.69) is 5.32 Å². The van der Waals surface area contributed by atoms with E-state index in [4.69, 9.17) is 15.2 Å². The lowest BCUT2D eigenvalue weighted by molar-refractivity contribution is 0.102. The molecule has 1 heterocycles. The summed E-state index contributed by atoms with van der Waals surface area (Å²) in [6.45, 7) is 2.10. The number of nitrogens with one attached hydrogen (secondary N) is 1. The largest absolute Gasteiger partial charge is 0.454 e. The molecule has 1 aliphatic heterocycles. The third kappa shape index (κ3) is 2.25. The van der Waals surface area contributed by atoms with Crippen LogP contribution in [0.3, 0.4) is 0 Å². The summed E-state index contributed by atoms with van der Waals surface area (Å²) in [5.41, 5.74) is 8.62. The van der Waals surface area contributed by atoms with Gasteiger partial charge in [0.2, 0.25) is 6.79 Å². The van der Waals surface area contributed by atoms with Gasteiger partial charge in [0.05, 0.1) is 0 Å². The molecule has 2 aromatic carbocycles. The Balaban J connectivity index is 1.80. The third-order valence-corrected chi connectivity index (χ3v) is 3.17. The molecule has 0 saturated heterocycles. The molecule has 1 amide bonds. The molecule has 0 atom stereocenters. The first-order valence-corrected chi connectivity index (χ1v) is 6.20. The molecule has 0 radical (unpaired) electrons. The molecule has 20 heavy (non-hydrogen) atoms. The predicted molar refractivity (Wildman–Crippen MR) is 76.1 cm³/mol. The van der Waals surface area contributed by atoms with Crippen LogP contribution in [0.2, 0.25) is 0 Å². The van der Waals surface area contributed by atoms with Crippen molar-refractivity contribution in [2.24, 2.45) is 0 Å². The minimum atomic E-state index is -0.216. The van der Waals surface area contributed by atoms with Crippen molar-refractivity contribution >= 4 is 17.3 Å². The van der Waals surface area contributed by atoms with E-state index in [9.17, 15) is 4.79 Å². The summed E-state index contributed by atoms with van der Waals surface area (Å²) >= 11 is 0. The van der Waals surface area contributed by atoms with Crippen LogP contribution in [0.5, 0.6) is 11.5 Å². The highest BCUT2D eigenvalue weighted by molar-refractivity contribution is 6.04. The number of aryl methyl sites for hydroxylation is 1. The second-order valence-corrected chi connectivity index (χ2v) is 4.59. The van der Waals surface area contributed by atoms with E-state index < -0.39 is 0 Å². The highest BCUT2D eigenvalue weighted by Crippen LogP contribution is 2.32. The normalized spacial score (nSPS) is 12.2. The number of carbonyl (C=O) groups is 1. The van der Waals surface area contributed by atoms with E-state index in [0.29, 0.717) is 28.4 Å². The first kappa shape index (κ1) is 12.3. The first-order valence-electron chi connectivity index (χ1n) is 6.20. The Morgan fingerprint density at radius 2 is 1.95 bits per heavy atom. The Morgan fingerprint density at radius 1 is 1.15 bits per heavy atom. The van der Waals surface area contributed by atoms with Crippen LogP contribution in [0.25, 0.3) is 0 Å². The van der Waals surface area contributed by atoms with Crippen molar-refractivity contribution in [1.82, 2.24) is 0 Å². The molecule has 5 heteroatoms. The van der Waals surface area contributed by atoms with E-state index in [-0.39, 0.29) is 12.7 Å². The van der Waals surface area contributed by atoms with Crippen LogP contribution in [-0.2, 0) is 0 Å². The van der Waals surface area contributed by atoms with Crippen molar-refractivity contribution in [2.75, 3.05) is 17.8 Å². The lowest BCUT2D eigenvalue weighted by Crippen LogP contribution is -2.12. The highest BCUT2D eigenvalue weighted by atomic mass is 16.7. The van der Waals surface area contributed by atoms with Gasteiger partial charge in [-0.2, -0.15) is 0 Å². The van der Waals surface area contributed by atoms with E-state index in [1.165, 1.54) is 0 Å². The van der Waals surface area contributed by atoms with Crippen molar-refractivity contribution < 1.29 is 14.3 Å². The number of nitrogen functional groups attached to an aromatic ring is 1. The van der Waals surface area contributed by atoms with Gasteiger partial charge in [-0.15, -0.1) is 0 Å². The average molecular weight is 270 g/mol. The van der Waals surface area contributed by atoms with Crippen LogP contribution in [-0.4, -0.2) is 12.7 Å². The van der Waals surface area contributed by atoms with Crippen LogP contribution in [0.1, 0.15) is 15.9 Å². The van der Waals surface area contributed by atoms with Crippen LogP contribution in [0.15, 0.2) is 36.4 Å². The van der Waals surface area contributed by atoms with Gasteiger partial charge in [-0.1, -0.05) is 6.07 Å². The highest BCUT2D eigenvalue weighted by Gasteiger charge is 2.16. The maximum absolute atomic E-state index is 12.2. The van der Waals surface area contributed by atoms with Crippen LogP contribution in [0, 0.1) is 6.92 Å². The maximum Gasteiger partial charge on any atom is 0.255 e. The lowest BCUT2D eigenvalue weighted by Gasteiger charge is -2.08. The standard InChI is InChI=1S/C15H14N2O3/c1-9-2-4-11(7-12(9)16)17-15(18)10-3-5-13-14(6-10)20-8-19-13/h2-7H,8,16H2,1H3,(H,17,18). The quantitative estimate of drug-likeness (QED) is 0.822. The maximum atomic E-state index is 12.2. The van der Waals surface area contributed by atoms with Gasteiger partial charge in [0.15, 0.2) is 11.5 Å². The summed E-state index contributed by atoms with van der Waals surface area (Å²) in [5, 5.41) is 2.80. The Morgan fingerprint density at radius 3 is 2.75 bits per heavy atom. The molecule has 5 nitrogen and oxygen atoms in total. The smallest absolute Gasteiger partial charge is 0.255 e. The number of amides is 1. The molecule has 102 valence electrons. The Kier molecular flexibility index (Phi) is 2.95. The molecule has 0 saturated carbocycles. The van der Waals surface area contributed by atoms with Crippen molar-refractivity contribution in [3.05, 3.63) is 47.5 Å². The van der Waals surface area contributed by atoms with Crippen LogP contribution >= 0.6 is 0 Å². The minimum absolute atomic E-state index is 0.189. The van der Waals surface area contributed by atoms with Gasteiger partial charge in [-0.25, -0.2) is 0 Å². The number of benzene rings is 2. The summed E-state index contributed by atoms with van der Waals surface area (Å²) in [6, 6.07) is 10.5. The zero-order valence-corrected chi connectivity index (χ0v) is 11.0. The van der Waals surface area contributed by atoms with E-state index in [0.717, 1.165) is 5.56 Å². The van der Waals surface area contributed by atoms with Gasteiger partial charge >= 0.3 is 0 Å². The fourth-order valence-corrected chi connectivity index (χ4v) is 1.96. The molecular formula is C15H14N2O3.